The molecule has 0 aromatic carbocycles. The van der Waals surface area contributed by atoms with Crippen LogP contribution in [-0.2, 0) is 12.7 Å². The molecule has 0 aliphatic carbocycles. The minimum Gasteiger partial charge on any atom is -0.256 e. The van der Waals surface area contributed by atoms with E-state index in [1.165, 1.54) is 0 Å². The predicted octanol–water partition coefficient (Wildman–Crippen LogP) is 1.77. The summed E-state index contributed by atoms with van der Waals surface area (Å²) in [7, 11) is 0. The minimum absolute atomic E-state index is 0.382. The molecule has 0 saturated heterocycles. The molecule has 2 nitrogen and oxygen atoms in total. The average molecular weight is 198 g/mol. The fourth-order valence-corrected chi connectivity index (χ4v) is 0.633. The lowest BCUT2D eigenvalue weighted by Crippen LogP contribution is -2.08. The first-order chi connectivity index (χ1) is 5.89. The Morgan fingerprint density at radius 1 is 1.38 bits per heavy atom. The predicted molar refractivity (Wildman–Crippen MR) is 30.9 cm³/mol. The van der Waals surface area contributed by atoms with Crippen LogP contribution in [0.25, 0.3) is 0 Å². The van der Waals surface area contributed by atoms with E-state index in [1.807, 2.05) is 0 Å². The third kappa shape index (κ3) is 2.67. The van der Waals surface area contributed by atoms with Crippen molar-refractivity contribution >= 4 is 0 Å². The third-order valence-corrected chi connectivity index (χ3v) is 1.12. The Morgan fingerprint density at radius 3 is 2.38 bits per heavy atom. The second kappa shape index (κ2) is 3.31. The van der Waals surface area contributed by atoms with Gasteiger partial charge in [0.25, 0.3) is 6.43 Å². The highest BCUT2D eigenvalue weighted by molar-refractivity contribution is 5.04. The number of nitrogens with zero attached hydrogens (tertiary/aromatic N) is 2. The van der Waals surface area contributed by atoms with E-state index in [-0.39, 0.29) is 0 Å². The largest absolute Gasteiger partial charge is 0.420 e. The van der Waals surface area contributed by atoms with Crippen LogP contribution in [0.5, 0.6) is 0 Å². The standard InChI is InChI=1S/C6H3F5N2/c7-5(8)3-13-2-4(1-12-13)6(9,10)11/h5H,3H2. The molecule has 0 N–H and O–H groups in total. The molecule has 2 radical (unpaired) electrons. The molecule has 1 aromatic heterocycles. The molecule has 0 amide bonds. The normalized spacial score (nSPS) is 12.5. The van der Waals surface area contributed by atoms with E-state index in [9.17, 15) is 22.0 Å². The van der Waals surface area contributed by atoms with Crippen molar-refractivity contribution in [1.29, 1.82) is 0 Å². The molecule has 0 fully saturated rings. The quantitative estimate of drug-likeness (QED) is 0.662. The first kappa shape index (κ1) is 9.94. The molecule has 1 rings (SSSR count). The van der Waals surface area contributed by atoms with E-state index in [4.69, 9.17) is 0 Å². The van der Waals surface area contributed by atoms with E-state index in [0.29, 0.717) is 4.68 Å². The van der Waals surface area contributed by atoms with Gasteiger partial charge in [0.15, 0.2) is 0 Å². The highest BCUT2D eigenvalue weighted by Crippen LogP contribution is 2.27. The van der Waals surface area contributed by atoms with Crippen molar-refractivity contribution in [2.24, 2.45) is 0 Å². The number of aromatic nitrogens is 2. The highest BCUT2D eigenvalue weighted by Gasteiger charge is 2.33. The molecule has 7 heteroatoms. The Kier molecular flexibility index (Phi) is 2.53. The van der Waals surface area contributed by atoms with Crippen LogP contribution >= 0.6 is 0 Å². The van der Waals surface area contributed by atoms with Crippen LogP contribution < -0.4 is 0 Å². The number of hydrogen-bond acceptors (Lipinski definition) is 1. The topological polar surface area (TPSA) is 17.8 Å². The summed E-state index contributed by atoms with van der Waals surface area (Å²) in [4.78, 5) is 0. The molecule has 72 valence electrons. The van der Waals surface area contributed by atoms with Gasteiger partial charge in [-0.25, -0.2) is 8.78 Å². The van der Waals surface area contributed by atoms with Gasteiger partial charge >= 0.3 is 6.18 Å². The molecule has 0 spiro atoms. The van der Waals surface area contributed by atoms with Gasteiger partial charge in [-0.1, -0.05) is 0 Å². The van der Waals surface area contributed by atoms with Crippen molar-refractivity contribution in [2.75, 3.05) is 0 Å². The van der Waals surface area contributed by atoms with Gasteiger partial charge in [-0.3, -0.25) is 4.68 Å². The Balaban J connectivity index is 2.75. The number of rotatable bonds is 2. The molecule has 0 bridgehead atoms. The van der Waals surface area contributed by atoms with Crippen LogP contribution in [0.4, 0.5) is 22.0 Å². The smallest absolute Gasteiger partial charge is 0.256 e. The summed E-state index contributed by atoms with van der Waals surface area (Å²) < 4.78 is 59.2. The fraction of sp³-hybridized carbons (Fsp3) is 0.500. The van der Waals surface area contributed by atoms with Crippen LogP contribution in [0, 0.1) is 12.4 Å². The van der Waals surface area contributed by atoms with E-state index < -0.39 is 24.7 Å². The van der Waals surface area contributed by atoms with Crippen molar-refractivity contribution in [3.8, 4) is 0 Å². The van der Waals surface area contributed by atoms with Crippen LogP contribution in [0.1, 0.15) is 5.56 Å². The minimum atomic E-state index is -4.64. The first-order valence-electron chi connectivity index (χ1n) is 3.13. The molecular formula is C6H3F5N2. The molecule has 1 heterocycles. The summed E-state index contributed by atoms with van der Waals surface area (Å²) in [5, 5.41) is 2.96. The molecule has 13 heavy (non-hydrogen) atoms. The van der Waals surface area contributed by atoms with Gasteiger partial charge < -0.3 is 0 Å². The first-order valence-corrected chi connectivity index (χ1v) is 3.13. The summed E-state index contributed by atoms with van der Waals surface area (Å²) >= 11 is 0. The lowest BCUT2D eigenvalue weighted by Gasteiger charge is -2.00. The van der Waals surface area contributed by atoms with Crippen LogP contribution in [0.2, 0.25) is 0 Å². The van der Waals surface area contributed by atoms with Gasteiger partial charge in [-0.05, 0) is 0 Å². The van der Waals surface area contributed by atoms with Crippen molar-refractivity contribution < 1.29 is 22.0 Å². The van der Waals surface area contributed by atoms with Crippen molar-refractivity contribution in [3.63, 3.8) is 0 Å². The molecule has 1 aromatic rings. The molecule has 0 unspecified atom stereocenters. The molecule has 0 aliphatic heterocycles. The number of halogens is 5. The Hall–Kier alpha value is -1.14. The van der Waals surface area contributed by atoms with Gasteiger partial charge in [-0.2, -0.15) is 18.3 Å². The molecule has 0 saturated carbocycles. The second-order valence-electron chi connectivity index (χ2n) is 2.17. The van der Waals surface area contributed by atoms with Crippen LogP contribution in [0.15, 0.2) is 0 Å². The van der Waals surface area contributed by atoms with E-state index in [2.05, 4.69) is 5.10 Å². The maximum absolute atomic E-state index is 11.8. The Labute approximate surface area is 70.0 Å². The maximum Gasteiger partial charge on any atom is 0.420 e. The average Bonchev–Trinajstić information content (AvgIpc) is 2.32. The van der Waals surface area contributed by atoms with Crippen molar-refractivity contribution in [3.05, 3.63) is 18.0 Å². The number of alkyl halides is 5. The molecular weight excluding hydrogens is 195 g/mol. The summed E-state index contributed by atoms with van der Waals surface area (Å²) in [6.45, 7) is -0.910. The van der Waals surface area contributed by atoms with Crippen LogP contribution in [-0.4, -0.2) is 16.2 Å². The van der Waals surface area contributed by atoms with Gasteiger partial charge in [0.1, 0.15) is 24.5 Å². The van der Waals surface area contributed by atoms with Gasteiger partial charge in [0, 0.05) is 0 Å². The Morgan fingerprint density at radius 2 is 2.00 bits per heavy atom. The zero-order valence-electron chi connectivity index (χ0n) is 6.07. The van der Waals surface area contributed by atoms with E-state index in [0.717, 1.165) is 0 Å². The van der Waals surface area contributed by atoms with E-state index >= 15 is 0 Å². The summed E-state index contributed by atoms with van der Waals surface area (Å²) in [5.74, 6) is 0. The molecule has 0 aliphatic rings. The van der Waals surface area contributed by atoms with Gasteiger partial charge in [0.05, 0.1) is 0 Å². The van der Waals surface area contributed by atoms with Crippen molar-refractivity contribution in [1.82, 2.24) is 9.78 Å². The maximum atomic E-state index is 11.8. The SMILES string of the molecule is FC(F)Cn1[c]c(C(F)(F)F)[c]n1. The lowest BCUT2D eigenvalue weighted by atomic mass is 10.4. The highest BCUT2D eigenvalue weighted by atomic mass is 19.4. The summed E-state index contributed by atoms with van der Waals surface area (Å²) in [6, 6.07) is 0. The van der Waals surface area contributed by atoms with Crippen molar-refractivity contribution in [2.45, 2.75) is 19.1 Å². The van der Waals surface area contributed by atoms with Gasteiger partial charge in [0.2, 0.25) is 0 Å². The monoisotopic (exact) mass is 198 g/mol. The van der Waals surface area contributed by atoms with E-state index in [1.54, 1.807) is 12.4 Å². The Bertz CT molecular complexity index is 277. The van der Waals surface area contributed by atoms with Gasteiger partial charge in [-0.15, -0.1) is 0 Å². The summed E-state index contributed by atoms with van der Waals surface area (Å²) in [5.41, 5.74) is -1.27. The lowest BCUT2D eigenvalue weighted by molar-refractivity contribution is -0.138. The second-order valence-corrected chi connectivity index (χ2v) is 2.17. The summed E-state index contributed by atoms with van der Waals surface area (Å²) in [6.07, 6.45) is -4.22. The third-order valence-electron chi connectivity index (χ3n) is 1.12. The van der Waals surface area contributed by atoms with Crippen LogP contribution in [0.3, 0.4) is 0 Å². The molecule has 0 atom stereocenters. The zero-order valence-corrected chi connectivity index (χ0v) is 6.07. The zero-order chi connectivity index (χ0) is 10.1. The fourth-order valence-electron chi connectivity index (χ4n) is 0.633. The number of hydrogen-bond donors (Lipinski definition) is 0.